The number of aryl methyl sites for hydroxylation is 2. The number of sulfonamides is 1. The van der Waals surface area contributed by atoms with Gasteiger partial charge in [0, 0.05) is 5.38 Å². The van der Waals surface area contributed by atoms with Crippen molar-refractivity contribution in [2.45, 2.75) is 33.2 Å². The van der Waals surface area contributed by atoms with Gasteiger partial charge in [-0.2, -0.15) is 0 Å². The first-order chi connectivity index (χ1) is 11.1. The zero-order valence-corrected chi connectivity index (χ0v) is 15.7. The Morgan fingerprint density at radius 2 is 2.04 bits per heavy atom. The summed E-state index contributed by atoms with van der Waals surface area (Å²) in [6.45, 7) is 5.97. The largest absolute Gasteiger partial charge is 0.349 e. The first-order valence-electron chi connectivity index (χ1n) is 7.43. The standard InChI is InChI=1S/C16H21N3O3S2/c1-10-5-6-11(2)14(7-10)12(3)17-15(20)8-13-9-23-16(18-13)19-24(4,21)22/h5-7,9,12H,8H2,1-4H3,(H,17,20)(H,18,19)/t12-/m0/s1. The van der Waals surface area contributed by atoms with E-state index in [9.17, 15) is 13.2 Å². The summed E-state index contributed by atoms with van der Waals surface area (Å²) in [6.07, 6.45) is 1.17. The molecule has 1 aromatic carbocycles. The molecule has 2 N–H and O–H groups in total. The van der Waals surface area contributed by atoms with Gasteiger partial charge in [0.2, 0.25) is 15.9 Å². The van der Waals surface area contributed by atoms with Crippen LogP contribution in [0.5, 0.6) is 0 Å². The Labute approximate surface area is 146 Å². The van der Waals surface area contributed by atoms with E-state index in [2.05, 4.69) is 21.1 Å². The molecule has 0 radical (unpaired) electrons. The predicted octanol–water partition coefficient (Wildman–Crippen LogP) is 2.55. The van der Waals surface area contributed by atoms with Crippen molar-refractivity contribution in [1.82, 2.24) is 10.3 Å². The van der Waals surface area contributed by atoms with Crippen LogP contribution in [0.25, 0.3) is 0 Å². The number of benzene rings is 1. The second kappa shape index (κ2) is 7.31. The highest BCUT2D eigenvalue weighted by atomic mass is 32.2. The summed E-state index contributed by atoms with van der Waals surface area (Å²) < 4.78 is 24.6. The zero-order valence-electron chi connectivity index (χ0n) is 14.1. The number of hydrogen-bond acceptors (Lipinski definition) is 5. The minimum Gasteiger partial charge on any atom is -0.349 e. The van der Waals surface area contributed by atoms with Crippen molar-refractivity contribution < 1.29 is 13.2 Å². The van der Waals surface area contributed by atoms with Gasteiger partial charge in [0.1, 0.15) is 0 Å². The summed E-state index contributed by atoms with van der Waals surface area (Å²) in [5.41, 5.74) is 3.90. The van der Waals surface area contributed by atoms with Gasteiger partial charge in [-0.25, -0.2) is 13.4 Å². The molecule has 6 nitrogen and oxygen atoms in total. The third-order valence-electron chi connectivity index (χ3n) is 3.44. The van der Waals surface area contributed by atoms with Crippen molar-refractivity contribution in [2.24, 2.45) is 0 Å². The number of nitrogens with one attached hydrogen (secondary N) is 2. The third-order valence-corrected chi connectivity index (χ3v) is 4.94. The van der Waals surface area contributed by atoms with Crippen LogP contribution >= 0.6 is 11.3 Å². The number of rotatable bonds is 6. The molecule has 0 saturated carbocycles. The fourth-order valence-electron chi connectivity index (χ4n) is 2.35. The molecular weight excluding hydrogens is 346 g/mol. The van der Waals surface area contributed by atoms with Crippen LogP contribution in [0, 0.1) is 13.8 Å². The average molecular weight is 367 g/mol. The van der Waals surface area contributed by atoms with Crippen LogP contribution in [0.2, 0.25) is 0 Å². The van der Waals surface area contributed by atoms with Crippen molar-refractivity contribution >= 4 is 32.4 Å². The van der Waals surface area contributed by atoms with E-state index in [1.807, 2.05) is 32.9 Å². The smallest absolute Gasteiger partial charge is 0.231 e. The summed E-state index contributed by atoms with van der Waals surface area (Å²) in [7, 11) is -3.36. The molecular formula is C16H21N3O3S2. The number of anilines is 1. The molecule has 0 fully saturated rings. The van der Waals surface area contributed by atoms with E-state index >= 15 is 0 Å². The molecule has 1 amide bonds. The minimum atomic E-state index is -3.36. The maximum absolute atomic E-state index is 12.2. The Balaban J connectivity index is 1.99. The van der Waals surface area contributed by atoms with Gasteiger partial charge in [0.25, 0.3) is 0 Å². The lowest BCUT2D eigenvalue weighted by Gasteiger charge is -2.17. The van der Waals surface area contributed by atoms with Gasteiger partial charge in [0.15, 0.2) is 5.13 Å². The SMILES string of the molecule is Cc1ccc(C)c([C@H](C)NC(=O)Cc2csc(NS(C)(=O)=O)n2)c1. The third kappa shape index (κ3) is 5.31. The number of aromatic nitrogens is 1. The van der Waals surface area contributed by atoms with Crippen LogP contribution in [0.4, 0.5) is 5.13 Å². The molecule has 2 rings (SSSR count). The molecule has 1 aromatic heterocycles. The molecule has 1 heterocycles. The van der Waals surface area contributed by atoms with Crippen LogP contribution in [-0.4, -0.2) is 25.6 Å². The van der Waals surface area contributed by atoms with Gasteiger partial charge in [-0.05, 0) is 31.9 Å². The number of nitrogens with zero attached hydrogens (tertiary/aromatic N) is 1. The van der Waals surface area contributed by atoms with Crippen LogP contribution in [0.15, 0.2) is 23.6 Å². The van der Waals surface area contributed by atoms with E-state index < -0.39 is 10.0 Å². The number of amides is 1. The van der Waals surface area contributed by atoms with Crippen LogP contribution in [-0.2, 0) is 21.2 Å². The second-order valence-corrected chi connectivity index (χ2v) is 8.45. The van der Waals surface area contributed by atoms with E-state index in [1.165, 1.54) is 0 Å². The average Bonchev–Trinajstić information content (AvgIpc) is 2.86. The fourth-order valence-corrected chi connectivity index (χ4v) is 3.92. The monoisotopic (exact) mass is 367 g/mol. The highest BCUT2D eigenvalue weighted by Crippen LogP contribution is 2.20. The van der Waals surface area contributed by atoms with E-state index in [4.69, 9.17) is 0 Å². The van der Waals surface area contributed by atoms with E-state index in [1.54, 1.807) is 5.38 Å². The zero-order chi connectivity index (χ0) is 17.9. The molecule has 8 heteroatoms. The molecule has 0 aliphatic rings. The molecule has 1 atom stereocenters. The summed E-state index contributed by atoms with van der Waals surface area (Å²) in [6, 6.07) is 6.04. The number of hydrogen-bond donors (Lipinski definition) is 2. The number of carbonyl (C=O) groups is 1. The second-order valence-electron chi connectivity index (χ2n) is 5.84. The highest BCUT2D eigenvalue weighted by molar-refractivity contribution is 7.92. The summed E-state index contributed by atoms with van der Waals surface area (Å²) >= 11 is 1.16. The first kappa shape index (κ1) is 18.4. The lowest BCUT2D eigenvalue weighted by atomic mass is 10.00. The van der Waals surface area contributed by atoms with Crippen molar-refractivity contribution in [3.05, 3.63) is 46.0 Å². The van der Waals surface area contributed by atoms with Gasteiger partial charge in [-0.3, -0.25) is 9.52 Å². The highest BCUT2D eigenvalue weighted by Gasteiger charge is 2.14. The van der Waals surface area contributed by atoms with E-state index in [-0.39, 0.29) is 23.5 Å². The Morgan fingerprint density at radius 1 is 1.33 bits per heavy atom. The normalized spacial score (nSPS) is 12.7. The van der Waals surface area contributed by atoms with Crippen LogP contribution < -0.4 is 10.0 Å². The summed E-state index contributed by atoms with van der Waals surface area (Å²) in [5.74, 6) is -0.153. The number of thiazole rings is 1. The fraction of sp³-hybridized carbons (Fsp3) is 0.375. The summed E-state index contributed by atoms with van der Waals surface area (Å²) in [5, 5.41) is 4.90. The maximum atomic E-state index is 12.2. The summed E-state index contributed by atoms with van der Waals surface area (Å²) in [4.78, 5) is 16.3. The lowest BCUT2D eigenvalue weighted by molar-refractivity contribution is -0.121. The molecule has 0 unspecified atom stereocenters. The van der Waals surface area contributed by atoms with Crippen LogP contribution in [0.3, 0.4) is 0 Å². The maximum Gasteiger partial charge on any atom is 0.231 e. The lowest BCUT2D eigenvalue weighted by Crippen LogP contribution is -2.28. The predicted molar refractivity (Wildman–Crippen MR) is 96.8 cm³/mol. The first-order valence-corrected chi connectivity index (χ1v) is 10.2. The van der Waals surface area contributed by atoms with Gasteiger partial charge < -0.3 is 5.32 Å². The molecule has 24 heavy (non-hydrogen) atoms. The molecule has 0 saturated heterocycles. The molecule has 130 valence electrons. The van der Waals surface area contributed by atoms with E-state index in [0.29, 0.717) is 5.69 Å². The van der Waals surface area contributed by atoms with Gasteiger partial charge in [-0.15, -0.1) is 11.3 Å². The van der Waals surface area contributed by atoms with E-state index in [0.717, 1.165) is 34.3 Å². The van der Waals surface area contributed by atoms with Crippen molar-refractivity contribution in [3.63, 3.8) is 0 Å². The number of carbonyl (C=O) groups excluding carboxylic acids is 1. The van der Waals surface area contributed by atoms with Gasteiger partial charge >= 0.3 is 0 Å². The molecule has 0 aliphatic carbocycles. The van der Waals surface area contributed by atoms with Gasteiger partial charge in [0.05, 0.1) is 24.4 Å². The Bertz CT molecular complexity index is 844. The van der Waals surface area contributed by atoms with Crippen molar-refractivity contribution in [3.8, 4) is 0 Å². The Kier molecular flexibility index (Phi) is 5.61. The van der Waals surface area contributed by atoms with Crippen molar-refractivity contribution in [1.29, 1.82) is 0 Å². The molecule has 0 bridgehead atoms. The van der Waals surface area contributed by atoms with Crippen molar-refractivity contribution in [2.75, 3.05) is 11.0 Å². The van der Waals surface area contributed by atoms with Gasteiger partial charge in [-0.1, -0.05) is 23.8 Å². The Morgan fingerprint density at radius 3 is 2.71 bits per heavy atom. The minimum absolute atomic E-state index is 0.107. The quantitative estimate of drug-likeness (QED) is 0.821. The Hall–Kier alpha value is -1.93. The van der Waals surface area contributed by atoms with Crippen LogP contribution in [0.1, 0.15) is 35.3 Å². The molecule has 2 aromatic rings. The topological polar surface area (TPSA) is 88.2 Å². The molecule has 0 spiro atoms. The molecule has 0 aliphatic heterocycles.